The minimum Gasteiger partial charge on any atom is -0.352 e. The molecule has 4 nitrogen and oxygen atoms in total. The van der Waals surface area contributed by atoms with E-state index in [4.69, 9.17) is 11.6 Å². The molecule has 3 aromatic carbocycles. The Bertz CT molecular complexity index is 1050. The molecule has 0 heterocycles. The summed E-state index contributed by atoms with van der Waals surface area (Å²) in [5.41, 5.74) is 4.01. The molecule has 0 saturated carbocycles. The maximum Gasteiger partial charge on any atom is 0.243 e. The molecule has 0 saturated heterocycles. The predicted molar refractivity (Wildman–Crippen MR) is 134 cm³/mol. The van der Waals surface area contributed by atoms with Gasteiger partial charge in [0.15, 0.2) is 0 Å². The van der Waals surface area contributed by atoms with Crippen LogP contribution in [0.3, 0.4) is 0 Å². The Morgan fingerprint density at radius 1 is 0.848 bits per heavy atom. The zero-order chi connectivity index (χ0) is 23.8. The molecule has 0 unspecified atom stereocenters. The minimum atomic E-state index is -0.629. The molecule has 0 aliphatic heterocycles. The van der Waals surface area contributed by atoms with Crippen LogP contribution in [0.1, 0.15) is 36.1 Å². The smallest absolute Gasteiger partial charge is 0.243 e. The summed E-state index contributed by atoms with van der Waals surface area (Å²) in [4.78, 5) is 28.6. The van der Waals surface area contributed by atoms with Crippen LogP contribution in [0.5, 0.6) is 0 Å². The van der Waals surface area contributed by atoms with Gasteiger partial charge in [-0.1, -0.05) is 83.9 Å². The molecule has 1 atom stereocenters. The molecule has 33 heavy (non-hydrogen) atoms. The highest BCUT2D eigenvalue weighted by Gasteiger charge is 2.30. The van der Waals surface area contributed by atoms with E-state index >= 15 is 0 Å². The van der Waals surface area contributed by atoms with E-state index in [0.717, 1.165) is 22.3 Å². The Hall–Kier alpha value is -3.11. The molecule has 3 rings (SSSR count). The minimum absolute atomic E-state index is 0.0247. The number of aryl methyl sites for hydroxylation is 1. The summed E-state index contributed by atoms with van der Waals surface area (Å²) in [6.07, 6.45) is 0.640. The number of halogens is 1. The lowest BCUT2D eigenvalue weighted by atomic mass is 10.0. The lowest BCUT2D eigenvalue weighted by Crippen LogP contribution is -2.52. The van der Waals surface area contributed by atoms with Crippen molar-refractivity contribution in [3.05, 3.63) is 106 Å². The first kappa shape index (κ1) is 24.5. The zero-order valence-corrected chi connectivity index (χ0v) is 20.2. The second-order valence-electron chi connectivity index (χ2n) is 8.68. The van der Waals surface area contributed by atoms with E-state index in [-0.39, 0.29) is 24.3 Å². The quantitative estimate of drug-likeness (QED) is 0.465. The van der Waals surface area contributed by atoms with Gasteiger partial charge in [0.1, 0.15) is 6.04 Å². The van der Waals surface area contributed by atoms with Gasteiger partial charge in [-0.25, -0.2) is 0 Å². The van der Waals surface area contributed by atoms with Crippen molar-refractivity contribution in [1.29, 1.82) is 0 Å². The normalized spacial score (nSPS) is 11.8. The lowest BCUT2D eigenvalue weighted by molar-refractivity contribution is -0.141. The van der Waals surface area contributed by atoms with Gasteiger partial charge < -0.3 is 10.2 Å². The largest absolute Gasteiger partial charge is 0.352 e. The molecule has 0 aliphatic carbocycles. The standard InChI is InChI=1S/C28H31ClN2O2/c1-20(2)30-28(33)26(17-22-7-5-4-6-8-22)31(19-24-11-9-21(3)10-12-24)27(32)18-23-13-15-25(29)16-14-23/h4-16,20,26H,17-19H2,1-3H3,(H,30,33)/t26-/m0/s1. The third-order valence-corrected chi connectivity index (χ3v) is 5.70. The SMILES string of the molecule is Cc1ccc(CN(C(=O)Cc2ccc(Cl)cc2)[C@@H](Cc2ccccc2)C(=O)NC(C)C)cc1. The van der Waals surface area contributed by atoms with Crippen LogP contribution in [0.2, 0.25) is 5.02 Å². The van der Waals surface area contributed by atoms with Gasteiger partial charge in [-0.15, -0.1) is 0 Å². The molecule has 0 spiro atoms. The molecule has 0 fully saturated rings. The fourth-order valence-electron chi connectivity index (χ4n) is 3.70. The summed E-state index contributed by atoms with van der Waals surface area (Å²) in [5.74, 6) is -0.247. The molecule has 0 bridgehead atoms. The third-order valence-electron chi connectivity index (χ3n) is 5.44. The van der Waals surface area contributed by atoms with Gasteiger partial charge in [0.25, 0.3) is 0 Å². The van der Waals surface area contributed by atoms with Crippen LogP contribution in [-0.4, -0.2) is 28.8 Å². The van der Waals surface area contributed by atoms with Gasteiger partial charge >= 0.3 is 0 Å². The maximum absolute atomic E-state index is 13.6. The molecular weight excluding hydrogens is 432 g/mol. The molecule has 0 radical (unpaired) electrons. The van der Waals surface area contributed by atoms with Gasteiger partial charge in [-0.05, 0) is 49.6 Å². The fraction of sp³-hybridized carbons (Fsp3) is 0.286. The van der Waals surface area contributed by atoms with Gasteiger partial charge in [-0.2, -0.15) is 0 Å². The summed E-state index contributed by atoms with van der Waals surface area (Å²) in [5, 5.41) is 3.64. The molecule has 5 heteroatoms. The average molecular weight is 463 g/mol. The number of nitrogens with zero attached hydrogens (tertiary/aromatic N) is 1. The van der Waals surface area contributed by atoms with Crippen molar-refractivity contribution in [1.82, 2.24) is 10.2 Å². The van der Waals surface area contributed by atoms with Crippen LogP contribution < -0.4 is 5.32 Å². The molecular formula is C28H31ClN2O2. The van der Waals surface area contributed by atoms with Crippen LogP contribution in [-0.2, 0) is 29.0 Å². The van der Waals surface area contributed by atoms with E-state index in [1.54, 1.807) is 17.0 Å². The second-order valence-corrected chi connectivity index (χ2v) is 9.12. The Morgan fingerprint density at radius 3 is 2.06 bits per heavy atom. The van der Waals surface area contributed by atoms with Crippen molar-refractivity contribution in [3.63, 3.8) is 0 Å². The van der Waals surface area contributed by atoms with Crippen molar-refractivity contribution >= 4 is 23.4 Å². The first-order chi connectivity index (χ1) is 15.8. The molecule has 3 aromatic rings. The topological polar surface area (TPSA) is 49.4 Å². The molecule has 0 aromatic heterocycles. The number of nitrogens with one attached hydrogen (secondary N) is 1. The Balaban J connectivity index is 1.95. The van der Waals surface area contributed by atoms with Gasteiger partial charge in [0.05, 0.1) is 6.42 Å². The third kappa shape index (κ3) is 7.47. The van der Waals surface area contributed by atoms with Crippen LogP contribution in [0.15, 0.2) is 78.9 Å². The molecule has 0 aliphatic rings. The highest BCUT2D eigenvalue weighted by atomic mass is 35.5. The fourth-order valence-corrected chi connectivity index (χ4v) is 3.83. The van der Waals surface area contributed by atoms with Gasteiger partial charge in [0.2, 0.25) is 11.8 Å². The molecule has 2 amide bonds. The zero-order valence-electron chi connectivity index (χ0n) is 19.4. The number of rotatable bonds is 9. The highest BCUT2D eigenvalue weighted by molar-refractivity contribution is 6.30. The van der Waals surface area contributed by atoms with E-state index in [0.29, 0.717) is 18.0 Å². The first-order valence-corrected chi connectivity index (χ1v) is 11.6. The summed E-state index contributed by atoms with van der Waals surface area (Å²) in [6, 6.07) is 24.5. The highest BCUT2D eigenvalue weighted by Crippen LogP contribution is 2.18. The Kier molecular flexibility index (Phi) is 8.67. The van der Waals surface area contributed by atoms with E-state index in [2.05, 4.69) is 5.32 Å². The molecule has 172 valence electrons. The predicted octanol–water partition coefficient (Wildman–Crippen LogP) is 5.36. The summed E-state index contributed by atoms with van der Waals surface area (Å²) < 4.78 is 0. The van der Waals surface area contributed by atoms with E-state index in [1.807, 2.05) is 87.5 Å². The van der Waals surface area contributed by atoms with Crippen LogP contribution in [0, 0.1) is 6.92 Å². The van der Waals surface area contributed by atoms with E-state index < -0.39 is 6.04 Å². The Morgan fingerprint density at radius 2 is 1.45 bits per heavy atom. The Labute approximate surface area is 201 Å². The summed E-state index contributed by atoms with van der Waals surface area (Å²) >= 11 is 6.01. The van der Waals surface area contributed by atoms with Crippen molar-refractivity contribution < 1.29 is 9.59 Å². The lowest BCUT2D eigenvalue weighted by Gasteiger charge is -2.32. The number of carbonyl (C=O) groups excluding carboxylic acids is 2. The average Bonchev–Trinajstić information content (AvgIpc) is 2.79. The monoisotopic (exact) mass is 462 g/mol. The van der Waals surface area contributed by atoms with Gasteiger partial charge in [0, 0.05) is 24.0 Å². The van der Waals surface area contributed by atoms with Crippen molar-refractivity contribution in [3.8, 4) is 0 Å². The number of benzene rings is 3. The second kappa shape index (κ2) is 11.7. The van der Waals surface area contributed by atoms with E-state index in [9.17, 15) is 9.59 Å². The number of hydrogen-bond acceptors (Lipinski definition) is 2. The number of amides is 2. The number of carbonyl (C=O) groups is 2. The molecule has 1 N–H and O–H groups in total. The van der Waals surface area contributed by atoms with Crippen molar-refractivity contribution in [2.24, 2.45) is 0 Å². The summed E-state index contributed by atoms with van der Waals surface area (Å²) in [6.45, 7) is 6.24. The van der Waals surface area contributed by atoms with E-state index in [1.165, 1.54) is 0 Å². The first-order valence-electron chi connectivity index (χ1n) is 11.3. The van der Waals surface area contributed by atoms with Gasteiger partial charge in [-0.3, -0.25) is 9.59 Å². The maximum atomic E-state index is 13.6. The van der Waals surface area contributed by atoms with Crippen molar-refractivity contribution in [2.75, 3.05) is 0 Å². The summed E-state index contributed by atoms with van der Waals surface area (Å²) in [7, 11) is 0. The van der Waals surface area contributed by atoms with Crippen LogP contribution >= 0.6 is 11.6 Å². The van der Waals surface area contributed by atoms with Crippen molar-refractivity contribution in [2.45, 2.75) is 52.2 Å². The van der Waals surface area contributed by atoms with Crippen LogP contribution in [0.4, 0.5) is 0 Å². The number of hydrogen-bond donors (Lipinski definition) is 1. The van der Waals surface area contributed by atoms with Crippen LogP contribution in [0.25, 0.3) is 0 Å².